The highest BCUT2D eigenvalue weighted by Crippen LogP contribution is 2.20. The van der Waals surface area contributed by atoms with Crippen molar-refractivity contribution in [2.75, 3.05) is 0 Å². The van der Waals surface area contributed by atoms with Gasteiger partial charge in [-0.2, -0.15) is 0 Å². The van der Waals surface area contributed by atoms with E-state index in [0.29, 0.717) is 6.42 Å². The van der Waals surface area contributed by atoms with Gasteiger partial charge in [-0.3, -0.25) is 4.79 Å². The van der Waals surface area contributed by atoms with E-state index in [-0.39, 0.29) is 4.88 Å². The van der Waals surface area contributed by atoms with Gasteiger partial charge in [-0.1, -0.05) is 30.3 Å². The van der Waals surface area contributed by atoms with E-state index in [0.717, 1.165) is 10.4 Å². The lowest BCUT2D eigenvalue weighted by molar-refractivity contribution is -0.296. The molecule has 0 atom stereocenters. The second-order valence-electron chi connectivity index (χ2n) is 3.54. The highest BCUT2D eigenvalue weighted by Gasteiger charge is 2.10. The summed E-state index contributed by atoms with van der Waals surface area (Å²) in [5.74, 6) is -2.60. The minimum absolute atomic E-state index is 0.218. The molecule has 0 amide bonds. The average Bonchev–Trinajstić information content (AvgIpc) is 2.77. The third kappa shape index (κ3) is 2.79. The fraction of sp³-hybridized carbons (Fsp3) is 0.0769. The van der Waals surface area contributed by atoms with Gasteiger partial charge in [-0.25, -0.2) is 0 Å². The van der Waals surface area contributed by atoms with Crippen LogP contribution in [0.1, 0.15) is 20.1 Å². The van der Waals surface area contributed by atoms with Gasteiger partial charge in [-0.05, 0) is 17.7 Å². The predicted octanol–water partition coefficient (Wildman–Crippen LogP) is 1.27. The average molecular weight is 245 g/mol. The third-order valence-electron chi connectivity index (χ3n) is 2.29. The van der Waals surface area contributed by atoms with Crippen molar-refractivity contribution in [3.8, 4) is 0 Å². The van der Waals surface area contributed by atoms with Crippen molar-refractivity contribution < 1.29 is 14.7 Å². The van der Waals surface area contributed by atoms with Crippen LogP contribution in [0.3, 0.4) is 0 Å². The zero-order valence-corrected chi connectivity index (χ0v) is 9.70. The quantitative estimate of drug-likeness (QED) is 0.602. The molecular formula is C13H9O3S-. The molecule has 1 aromatic carbocycles. The Kier molecular flexibility index (Phi) is 3.35. The van der Waals surface area contributed by atoms with E-state index >= 15 is 0 Å². The van der Waals surface area contributed by atoms with Gasteiger partial charge in [0.15, 0.2) is 0 Å². The summed E-state index contributed by atoms with van der Waals surface area (Å²) in [4.78, 5) is 22.7. The van der Waals surface area contributed by atoms with E-state index < -0.39 is 11.8 Å². The van der Waals surface area contributed by atoms with Gasteiger partial charge in [0.05, 0.1) is 4.88 Å². The number of thiophene rings is 1. The molecule has 2 aromatic rings. The maximum absolute atomic E-state index is 11.2. The first-order valence-electron chi connectivity index (χ1n) is 5.05. The molecule has 0 saturated carbocycles. The number of rotatable bonds is 4. The Bertz CT molecular complexity index is 543. The summed E-state index contributed by atoms with van der Waals surface area (Å²) < 4.78 is 0. The van der Waals surface area contributed by atoms with Crippen LogP contribution in [-0.4, -0.2) is 11.8 Å². The van der Waals surface area contributed by atoms with E-state index in [4.69, 9.17) is 0 Å². The Morgan fingerprint density at radius 2 is 1.76 bits per heavy atom. The van der Waals surface area contributed by atoms with Crippen LogP contribution in [0.25, 0.3) is 0 Å². The van der Waals surface area contributed by atoms with Crippen LogP contribution in [0.5, 0.6) is 0 Å². The number of hydrogen-bond acceptors (Lipinski definition) is 4. The number of carbonyl (C=O) groups is 2. The van der Waals surface area contributed by atoms with E-state index in [2.05, 4.69) is 0 Å². The van der Waals surface area contributed by atoms with E-state index in [1.807, 2.05) is 30.3 Å². The largest absolute Gasteiger partial charge is 0.541 e. The van der Waals surface area contributed by atoms with Crippen molar-refractivity contribution in [1.29, 1.82) is 0 Å². The van der Waals surface area contributed by atoms with Gasteiger partial charge < -0.3 is 9.90 Å². The Morgan fingerprint density at radius 3 is 2.41 bits per heavy atom. The number of ketones is 1. The zero-order chi connectivity index (χ0) is 12.3. The fourth-order valence-corrected chi connectivity index (χ4v) is 2.46. The molecule has 1 heterocycles. The van der Waals surface area contributed by atoms with Crippen molar-refractivity contribution in [3.63, 3.8) is 0 Å². The summed E-state index contributed by atoms with van der Waals surface area (Å²) in [6.45, 7) is 0. The van der Waals surface area contributed by atoms with Crippen LogP contribution < -0.4 is 5.11 Å². The number of hydrogen-bond donors (Lipinski definition) is 0. The maximum atomic E-state index is 11.2. The highest BCUT2D eigenvalue weighted by molar-refractivity contribution is 7.14. The number of carboxylic acid groups (broad SMARTS) is 1. The molecule has 86 valence electrons. The summed E-state index contributed by atoms with van der Waals surface area (Å²) >= 11 is 1.19. The lowest BCUT2D eigenvalue weighted by atomic mass is 10.1. The first kappa shape index (κ1) is 11.5. The Balaban J connectivity index is 2.14. The van der Waals surface area contributed by atoms with Gasteiger partial charge in [0.1, 0.15) is 5.97 Å². The molecule has 1 aromatic heterocycles. The second-order valence-corrected chi connectivity index (χ2v) is 4.71. The lowest BCUT2D eigenvalue weighted by Crippen LogP contribution is -2.30. The number of Topliss-reactive ketones (excluding diaryl/α,β-unsaturated/α-hetero) is 1. The predicted molar refractivity (Wildman–Crippen MR) is 62.9 cm³/mol. The molecule has 0 unspecified atom stereocenters. The van der Waals surface area contributed by atoms with Crippen LogP contribution in [0.15, 0.2) is 42.5 Å². The normalized spacial score (nSPS) is 10.1. The Morgan fingerprint density at radius 1 is 1.06 bits per heavy atom. The Labute approximate surface area is 102 Å². The van der Waals surface area contributed by atoms with Crippen LogP contribution >= 0.6 is 11.3 Å². The topological polar surface area (TPSA) is 57.2 Å². The van der Waals surface area contributed by atoms with Crippen LogP contribution in [0, 0.1) is 0 Å². The van der Waals surface area contributed by atoms with Gasteiger partial charge in [0.25, 0.3) is 0 Å². The molecule has 2 rings (SSSR count). The number of aliphatic carboxylic acids is 1. The van der Waals surface area contributed by atoms with Crippen molar-refractivity contribution >= 4 is 23.1 Å². The third-order valence-corrected chi connectivity index (χ3v) is 3.38. The Hall–Kier alpha value is -1.94. The van der Waals surface area contributed by atoms with E-state index in [1.54, 1.807) is 6.07 Å². The molecule has 3 nitrogen and oxygen atoms in total. The molecule has 0 aliphatic rings. The molecule has 0 aliphatic heterocycles. The maximum Gasteiger partial charge on any atom is 0.218 e. The summed E-state index contributed by atoms with van der Waals surface area (Å²) in [6, 6.07) is 13.1. The van der Waals surface area contributed by atoms with Gasteiger partial charge in [0.2, 0.25) is 5.78 Å². The molecule has 17 heavy (non-hydrogen) atoms. The van der Waals surface area contributed by atoms with Crippen LogP contribution in [0.2, 0.25) is 0 Å². The minimum Gasteiger partial charge on any atom is -0.541 e. The first-order chi connectivity index (χ1) is 8.16. The monoisotopic (exact) mass is 245 g/mol. The zero-order valence-electron chi connectivity index (χ0n) is 8.88. The molecular weight excluding hydrogens is 236 g/mol. The molecule has 0 saturated heterocycles. The molecule has 0 radical (unpaired) electrons. The molecule has 0 aliphatic carbocycles. The van der Waals surface area contributed by atoms with Crippen molar-refractivity contribution in [1.82, 2.24) is 0 Å². The lowest BCUT2D eigenvalue weighted by Gasteiger charge is -1.98. The van der Waals surface area contributed by atoms with Gasteiger partial charge >= 0.3 is 0 Å². The minimum atomic E-state index is -1.65. The summed E-state index contributed by atoms with van der Waals surface area (Å²) in [6.07, 6.45) is 0.700. The number of carboxylic acids is 1. The van der Waals surface area contributed by atoms with E-state index in [9.17, 15) is 14.7 Å². The van der Waals surface area contributed by atoms with Gasteiger partial charge in [-0.15, -0.1) is 11.3 Å². The number of carbonyl (C=O) groups excluding carboxylic acids is 2. The van der Waals surface area contributed by atoms with Crippen LogP contribution in [-0.2, 0) is 11.2 Å². The first-order valence-corrected chi connectivity index (χ1v) is 5.87. The molecule has 0 fully saturated rings. The number of benzene rings is 1. The van der Waals surface area contributed by atoms with Crippen molar-refractivity contribution in [3.05, 3.63) is 57.8 Å². The summed E-state index contributed by atoms with van der Waals surface area (Å²) in [5.41, 5.74) is 1.13. The van der Waals surface area contributed by atoms with Crippen molar-refractivity contribution in [2.24, 2.45) is 0 Å². The van der Waals surface area contributed by atoms with Gasteiger partial charge in [0, 0.05) is 11.3 Å². The van der Waals surface area contributed by atoms with Crippen molar-refractivity contribution in [2.45, 2.75) is 6.42 Å². The highest BCUT2D eigenvalue weighted by atomic mass is 32.1. The summed E-state index contributed by atoms with van der Waals surface area (Å²) in [5, 5.41) is 10.4. The second kappa shape index (κ2) is 4.93. The smallest absolute Gasteiger partial charge is 0.218 e. The van der Waals surface area contributed by atoms with Crippen LogP contribution in [0.4, 0.5) is 0 Å². The SMILES string of the molecule is O=C([O-])C(=O)c1ccc(Cc2ccccc2)s1. The molecule has 0 N–H and O–H groups in total. The standard InChI is InChI=1S/C13H10O3S/c14-12(13(15)16)11-7-6-10(17-11)8-9-4-2-1-3-5-9/h1-7H,8H2,(H,15,16)/p-1. The molecule has 0 bridgehead atoms. The molecule has 0 spiro atoms. The fourth-order valence-electron chi connectivity index (χ4n) is 1.49. The summed E-state index contributed by atoms with van der Waals surface area (Å²) in [7, 11) is 0. The molecule has 4 heteroatoms. The van der Waals surface area contributed by atoms with E-state index in [1.165, 1.54) is 17.4 Å².